The highest BCUT2D eigenvalue weighted by molar-refractivity contribution is 5.88. The van der Waals surface area contributed by atoms with Crippen LogP contribution in [0.15, 0.2) is 35.5 Å². The fraction of sp³-hybridized carbons (Fsp3) is 0.806. The number of carboxylic acid groups (broad SMARTS) is 1. The Kier molecular flexibility index (Phi) is 29.2. The SMILES string of the molecule is CCCCCCCCCCCCCCC=CC(C=CCCCCCCCCCCCCCC)=C(C)C(=O)O. The lowest BCUT2D eigenvalue weighted by atomic mass is 10.0. The minimum atomic E-state index is -0.815. The van der Waals surface area contributed by atoms with Gasteiger partial charge in [-0.25, -0.2) is 4.79 Å². The Bertz CT molecular complexity index is 558. The van der Waals surface area contributed by atoms with Gasteiger partial charge in [-0.2, -0.15) is 0 Å². The molecule has 222 valence electrons. The van der Waals surface area contributed by atoms with Gasteiger partial charge < -0.3 is 5.11 Å². The predicted octanol–water partition coefficient (Wildman–Crippen LogP) is 12.7. The van der Waals surface area contributed by atoms with Gasteiger partial charge in [0.2, 0.25) is 0 Å². The van der Waals surface area contributed by atoms with Crippen molar-refractivity contribution in [2.24, 2.45) is 0 Å². The minimum Gasteiger partial charge on any atom is -0.478 e. The summed E-state index contributed by atoms with van der Waals surface area (Å²) in [4.78, 5) is 11.5. The number of aliphatic carboxylic acids is 1. The van der Waals surface area contributed by atoms with Crippen LogP contribution in [0.4, 0.5) is 0 Å². The third-order valence-corrected chi connectivity index (χ3v) is 7.80. The van der Waals surface area contributed by atoms with Gasteiger partial charge in [0.05, 0.1) is 0 Å². The van der Waals surface area contributed by atoms with Crippen LogP contribution in [-0.2, 0) is 4.79 Å². The van der Waals surface area contributed by atoms with Gasteiger partial charge in [0.25, 0.3) is 0 Å². The first kappa shape index (κ1) is 36.7. The minimum absolute atomic E-state index is 0.446. The molecule has 2 nitrogen and oxygen atoms in total. The normalized spacial score (nSPS) is 11.7. The molecule has 0 heterocycles. The Morgan fingerprint density at radius 1 is 0.474 bits per heavy atom. The van der Waals surface area contributed by atoms with Crippen molar-refractivity contribution in [3.05, 3.63) is 35.5 Å². The topological polar surface area (TPSA) is 37.3 Å². The first-order chi connectivity index (χ1) is 18.6. The summed E-state index contributed by atoms with van der Waals surface area (Å²) < 4.78 is 0. The fourth-order valence-electron chi connectivity index (χ4n) is 5.06. The molecule has 2 heteroatoms. The maximum Gasteiger partial charge on any atom is 0.331 e. The molecule has 0 aliphatic heterocycles. The van der Waals surface area contributed by atoms with Gasteiger partial charge in [-0.05, 0) is 38.2 Å². The van der Waals surface area contributed by atoms with Gasteiger partial charge in [0, 0.05) is 5.57 Å². The fourth-order valence-corrected chi connectivity index (χ4v) is 5.06. The second-order valence-electron chi connectivity index (χ2n) is 11.5. The lowest BCUT2D eigenvalue weighted by Gasteiger charge is -2.03. The molecular formula is C36H66O2. The molecular weight excluding hydrogens is 464 g/mol. The summed E-state index contributed by atoms with van der Waals surface area (Å²) in [5.74, 6) is -0.815. The Labute approximate surface area is 238 Å². The van der Waals surface area contributed by atoms with E-state index in [1.165, 1.54) is 154 Å². The zero-order chi connectivity index (χ0) is 27.9. The number of carbonyl (C=O) groups is 1. The Hall–Kier alpha value is -1.31. The monoisotopic (exact) mass is 531 g/mol. The summed E-state index contributed by atoms with van der Waals surface area (Å²) in [5.41, 5.74) is 1.30. The molecule has 0 aliphatic rings. The summed E-state index contributed by atoms with van der Waals surface area (Å²) in [6, 6.07) is 0. The van der Waals surface area contributed by atoms with Crippen LogP contribution in [0, 0.1) is 0 Å². The molecule has 0 spiro atoms. The molecule has 0 amide bonds. The van der Waals surface area contributed by atoms with Crippen molar-refractivity contribution < 1.29 is 9.90 Å². The van der Waals surface area contributed by atoms with Crippen molar-refractivity contribution in [3.63, 3.8) is 0 Å². The van der Waals surface area contributed by atoms with E-state index in [1.807, 2.05) is 12.2 Å². The Morgan fingerprint density at radius 2 is 0.737 bits per heavy atom. The quantitative estimate of drug-likeness (QED) is 0.0593. The van der Waals surface area contributed by atoms with E-state index in [-0.39, 0.29) is 0 Å². The second-order valence-corrected chi connectivity index (χ2v) is 11.5. The summed E-state index contributed by atoms with van der Waals surface area (Å²) in [6.45, 7) is 6.28. The van der Waals surface area contributed by atoms with Gasteiger partial charge in [-0.1, -0.05) is 179 Å². The van der Waals surface area contributed by atoms with E-state index in [1.54, 1.807) is 6.92 Å². The molecule has 0 saturated heterocycles. The molecule has 0 aromatic rings. The van der Waals surface area contributed by atoms with E-state index >= 15 is 0 Å². The van der Waals surface area contributed by atoms with Gasteiger partial charge in [0.1, 0.15) is 0 Å². The van der Waals surface area contributed by atoms with Crippen LogP contribution < -0.4 is 0 Å². The molecule has 0 rings (SSSR count). The number of allylic oxidation sites excluding steroid dienone is 5. The number of unbranched alkanes of at least 4 members (excludes halogenated alkanes) is 24. The highest BCUT2D eigenvalue weighted by Crippen LogP contribution is 2.15. The molecule has 0 atom stereocenters. The van der Waals surface area contributed by atoms with Crippen LogP contribution in [0.2, 0.25) is 0 Å². The molecule has 0 aromatic carbocycles. The van der Waals surface area contributed by atoms with Crippen molar-refractivity contribution in [2.45, 2.75) is 188 Å². The molecule has 0 bridgehead atoms. The van der Waals surface area contributed by atoms with E-state index < -0.39 is 5.97 Å². The second kappa shape index (κ2) is 30.2. The van der Waals surface area contributed by atoms with Crippen molar-refractivity contribution in [1.82, 2.24) is 0 Å². The number of carboxylic acids is 1. The number of hydrogen-bond donors (Lipinski definition) is 1. The smallest absolute Gasteiger partial charge is 0.331 e. The standard InChI is InChI=1S/C36H66O2/c1-4-6-8-10-12-14-16-18-20-22-24-26-28-30-32-35(34(3)36(37)38)33-31-29-27-25-23-21-19-17-15-13-11-9-7-5-2/h30-33H,4-29H2,1-3H3,(H,37,38). The largest absolute Gasteiger partial charge is 0.478 e. The van der Waals surface area contributed by atoms with Crippen LogP contribution in [0.1, 0.15) is 188 Å². The van der Waals surface area contributed by atoms with E-state index in [0.717, 1.165) is 18.4 Å². The molecule has 0 unspecified atom stereocenters. The maximum atomic E-state index is 11.5. The van der Waals surface area contributed by atoms with Gasteiger partial charge >= 0.3 is 5.97 Å². The Morgan fingerprint density at radius 3 is 1.00 bits per heavy atom. The summed E-state index contributed by atoms with van der Waals surface area (Å²) in [6.07, 6.45) is 43.3. The van der Waals surface area contributed by atoms with Crippen LogP contribution in [0.25, 0.3) is 0 Å². The van der Waals surface area contributed by atoms with E-state index in [0.29, 0.717) is 5.57 Å². The lowest BCUT2D eigenvalue weighted by molar-refractivity contribution is -0.132. The molecule has 0 aliphatic carbocycles. The van der Waals surface area contributed by atoms with Crippen molar-refractivity contribution in [2.75, 3.05) is 0 Å². The third kappa shape index (κ3) is 26.3. The molecule has 0 fully saturated rings. The number of hydrogen-bond acceptors (Lipinski definition) is 1. The van der Waals surface area contributed by atoms with E-state index in [4.69, 9.17) is 0 Å². The maximum absolute atomic E-state index is 11.5. The highest BCUT2D eigenvalue weighted by atomic mass is 16.4. The summed E-state index contributed by atoms with van der Waals surface area (Å²) in [5, 5.41) is 9.46. The molecule has 0 saturated carbocycles. The molecule has 0 radical (unpaired) electrons. The van der Waals surface area contributed by atoms with Crippen molar-refractivity contribution >= 4 is 5.97 Å². The van der Waals surface area contributed by atoms with Crippen molar-refractivity contribution in [1.29, 1.82) is 0 Å². The third-order valence-electron chi connectivity index (χ3n) is 7.80. The predicted molar refractivity (Wildman–Crippen MR) is 170 cm³/mol. The first-order valence-electron chi connectivity index (χ1n) is 16.9. The van der Waals surface area contributed by atoms with Crippen LogP contribution in [0.5, 0.6) is 0 Å². The van der Waals surface area contributed by atoms with Gasteiger partial charge in [-0.3, -0.25) is 0 Å². The highest BCUT2D eigenvalue weighted by Gasteiger charge is 2.04. The molecule has 0 aromatic heterocycles. The average molecular weight is 531 g/mol. The van der Waals surface area contributed by atoms with Crippen LogP contribution in [-0.4, -0.2) is 11.1 Å². The average Bonchev–Trinajstić information content (AvgIpc) is 2.91. The van der Waals surface area contributed by atoms with E-state index in [9.17, 15) is 9.90 Å². The van der Waals surface area contributed by atoms with E-state index in [2.05, 4.69) is 26.0 Å². The zero-order valence-electron chi connectivity index (χ0n) is 26.0. The molecule has 38 heavy (non-hydrogen) atoms. The van der Waals surface area contributed by atoms with Crippen molar-refractivity contribution in [3.8, 4) is 0 Å². The number of rotatable bonds is 29. The summed E-state index contributed by atoms with van der Waals surface area (Å²) >= 11 is 0. The first-order valence-corrected chi connectivity index (χ1v) is 16.9. The van der Waals surface area contributed by atoms with Gasteiger partial charge in [0.15, 0.2) is 0 Å². The Balaban J connectivity index is 3.87. The lowest BCUT2D eigenvalue weighted by Crippen LogP contribution is -1.98. The van der Waals surface area contributed by atoms with Crippen LogP contribution in [0.3, 0.4) is 0 Å². The summed E-state index contributed by atoms with van der Waals surface area (Å²) in [7, 11) is 0. The van der Waals surface area contributed by atoms with Gasteiger partial charge in [-0.15, -0.1) is 0 Å². The molecule has 1 N–H and O–H groups in total. The zero-order valence-corrected chi connectivity index (χ0v) is 26.0. The van der Waals surface area contributed by atoms with Crippen LogP contribution >= 0.6 is 0 Å².